The molecule has 0 aromatic heterocycles. The van der Waals surface area contributed by atoms with Crippen LogP contribution in [-0.4, -0.2) is 26.2 Å². The van der Waals surface area contributed by atoms with Crippen LogP contribution in [0.1, 0.15) is 40.5 Å². The van der Waals surface area contributed by atoms with Crippen LogP contribution in [0.2, 0.25) is 36.3 Å². The number of hydrogen-bond donors (Lipinski definition) is 2. The minimum absolute atomic E-state index is 0.0178. The molecule has 0 aliphatic carbocycles. The van der Waals surface area contributed by atoms with E-state index in [-0.39, 0.29) is 10.1 Å². The first kappa shape index (κ1) is 16.4. The lowest BCUT2D eigenvalue weighted by molar-refractivity contribution is 0.391. The monoisotopic (exact) mass is 262 g/mol. The standard InChI is InChI=1S/C12H30O2Si2/c1-11(2,15(5,6)13)9-10-12(3,4)16(7,8)14/h13-14H,9-10H2,1-8H3. The Morgan fingerprint density at radius 3 is 1.00 bits per heavy atom. The van der Waals surface area contributed by atoms with Crippen molar-refractivity contribution in [2.24, 2.45) is 0 Å². The molecule has 98 valence electrons. The van der Waals surface area contributed by atoms with E-state index in [2.05, 4.69) is 27.7 Å². The molecule has 0 unspecified atom stereocenters. The van der Waals surface area contributed by atoms with Crippen molar-refractivity contribution in [3.8, 4) is 0 Å². The summed E-state index contributed by atoms with van der Waals surface area (Å²) in [6, 6.07) is 0. The summed E-state index contributed by atoms with van der Waals surface area (Å²) in [5.41, 5.74) is 0. The Labute approximate surface area is 103 Å². The molecule has 4 heteroatoms. The van der Waals surface area contributed by atoms with E-state index >= 15 is 0 Å². The lowest BCUT2D eigenvalue weighted by Gasteiger charge is -2.41. The van der Waals surface area contributed by atoms with Gasteiger partial charge >= 0.3 is 0 Å². The Morgan fingerprint density at radius 1 is 0.688 bits per heavy atom. The predicted octanol–water partition coefficient (Wildman–Crippen LogP) is 3.72. The van der Waals surface area contributed by atoms with Crippen LogP contribution in [-0.2, 0) is 0 Å². The Kier molecular flexibility index (Phi) is 4.66. The van der Waals surface area contributed by atoms with Gasteiger partial charge in [-0.3, -0.25) is 0 Å². The minimum atomic E-state index is -2.11. The molecule has 0 bridgehead atoms. The van der Waals surface area contributed by atoms with E-state index in [1.165, 1.54) is 0 Å². The second-order valence-electron chi connectivity index (χ2n) is 7.39. The first-order valence-corrected chi connectivity index (χ1v) is 12.0. The average Bonchev–Trinajstić information content (AvgIpc) is 1.97. The molecule has 2 nitrogen and oxygen atoms in total. The van der Waals surface area contributed by atoms with Crippen LogP contribution in [0, 0.1) is 0 Å². The molecule has 0 fully saturated rings. The maximum Gasteiger partial charge on any atom is 0.188 e. The molecule has 2 N–H and O–H groups in total. The maximum atomic E-state index is 10.2. The summed E-state index contributed by atoms with van der Waals surface area (Å²) in [6.45, 7) is 16.6. The van der Waals surface area contributed by atoms with Crippen LogP contribution in [0.3, 0.4) is 0 Å². The molecule has 0 aliphatic heterocycles. The molecular weight excluding hydrogens is 232 g/mol. The van der Waals surface area contributed by atoms with Crippen molar-refractivity contribution in [3.05, 3.63) is 0 Å². The van der Waals surface area contributed by atoms with Gasteiger partial charge in [0.2, 0.25) is 0 Å². The third-order valence-electron chi connectivity index (χ3n) is 4.69. The van der Waals surface area contributed by atoms with E-state index in [9.17, 15) is 9.59 Å². The van der Waals surface area contributed by atoms with Crippen molar-refractivity contribution >= 4 is 16.6 Å². The van der Waals surface area contributed by atoms with E-state index in [0.717, 1.165) is 12.8 Å². The SMILES string of the molecule is CC(C)(CCC(C)(C)[Si](C)(C)O)[Si](C)(C)O. The van der Waals surface area contributed by atoms with Gasteiger partial charge in [0.25, 0.3) is 0 Å². The van der Waals surface area contributed by atoms with Gasteiger partial charge < -0.3 is 9.59 Å². The number of hydrogen-bond acceptors (Lipinski definition) is 2. The van der Waals surface area contributed by atoms with E-state index in [1.807, 2.05) is 26.2 Å². The molecule has 0 amide bonds. The summed E-state index contributed by atoms with van der Waals surface area (Å²) in [6.07, 6.45) is 1.99. The Balaban J connectivity index is 4.59. The topological polar surface area (TPSA) is 40.5 Å². The first-order valence-electron chi connectivity index (χ1n) is 6.15. The smallest absolute Gasteiger partial charge is 0.188 e. The Hall–Kier alpha value is 0.354. The fourth-order valence-electron chi connectivity index (χ4n) is 1.24. The molecule has 0 aliphatic rings. The summed E-state index contributed by atoms with van der Waals surface area (Å²) < 4.78 is 0. The van der Waals surface area contributed by atoms with E-state index in [4.69, 9.17) is 0 Å². The van der Waals surface area contributed by atoms with E-state index < -0.39 is 16.6 Å². The van der Waals surface area contributed by atoms with E-state index in [1.54, 1.807) is 0 Å². The third-order valence-corrected chi connectivity index (χ3v) is 11.8. The van der Waals surface area contributed by atoms with Crippen molar-refractivity contribution in [2.75, 3.05) is 0 Å². The van der Waals surface area contributed by atoms with E-state index in [0.29, 0.717) is 0 Å². The molecule has 0 rings (SSSR count). The molecule has 16 heavy (non-hydrogen) atoms. The summed E-state index contributed by atoms with van der Waals surface area (Å²) in [5, 5.41) is 0.0356. The normalized spacial score (nSPS) is 15.4. The van der Waals surface area contributed by atoms with Gasteiger partial charge in [-0.25, -0.2) is 0 Å². The van der Waals surface area contributed by atoms with Crippen molar-refractivity contribution in [1.82, 2.24) is 0 Å². The highest BCUT2D eigenvalue weighted by atomic mass is 28.4. The summed E-state index contributed by atoms with van der Waals surface area (Å²) in [5.74, 6) is 0. The van der Waals surface area contributed by atoms with Crippen LogP contribution in [0.4, 0.5) is 0 Å². The zero-order valence-corrected chi connectivity index (χ0v) is 14.3. The highest BCUT2D eigenvalue weighted by Crippen LogP contribution is 2.47. The molecule has 0 saturated heterocycles. The second-order valence-corrected chi connectivity index (χ2v) is 16.3. The summed E-state index contributed by atoms with van der Waals surface area (Å²) >= 11 is 0. The van der Waals surface area contributed by atoms with Gasteiger partial charge in [-0.15, -0.1) is 0 Å². The second kappa shape index (κ2) is 4.55. The fraction of sp³-hybridized carbons (Fsp3) is 1.00. The van der Waals surface area contributed by atoms with Gasteiger partial charge in [-0.2, -0.15) is 0 Å². The molecular formula is C12H30O2Si2. The van der Waals surface area contributed by atoms with Gasteiger partial charge in [0.15, 0.2) is 16.6 Å². The number of rotatable bonds is 5. The lowest BCUT2D eigenvalue weighted by Crippen LogP contribution is -2.42. The first-order chi connectivity index (χ1) is 6.71. The van der Waals surface area contributed by atoms with Gasteiger partial charge in [-0.05, 0) is 49.1 Å². The zero-order valence-electron chi connectivity index (χ0n) is 12.3. The fourth-order valence-corrected chi connectivity index (χ4v) is 2.71. The molecule has 0 atom stereocenters. The molecule has 0 radical (unpaired) electrons. The summed E-state index contributed by atoms with van der Waals surface area (Å²) in [7, 11) is -4.22. The van der Waals surface area contributed by atoms with Gasteiger partial charge in [-0.1, -0.05) is 27.7 Å². The highest BCUT2D eigenvalue weighted by molar-refractivity contribution is 6.73. The quantitative estimate of drug-likeness (QED) is 0.741. The van der Waals surface area contributed by atoms with Crippen LogP contribution < -0.4 is 0 Å². The van der Waals surface area contributed by atoms with Gasteiger partial charge in [0.1, 0.15) is 0 Å². The lowest BCUT2D eigenvalue weighted by atomic mass is 9.99. The third kappa shape index (κ3) is 3.98. The Bertz CT molecular complexity index is 208. The average molecular weight is 263 g/mol. The van der Waals surface area contributed by atoms with Gasteiger partial charge in [0.05, 0.1) is 0 Å². The molecule has 0 spiro atoms. The highest BCUT2D eigenvalue weighted by Gasteiger charge is 2.43. The van der Waals surface area contributed by atoms with Crippen molar-refractivity contribution in [1.29, 1.82) is 0 Å². The summed E-state index contributed by atoms with van der Waals surface area (Å²) in [4.78, 5) is 20.5. The Morgan fingerprint density at radius 2 is 0.875 bits per heavy atom. The maximum absolute atomic E-state index is 10.2. The molecule has 0 aromatic rings. The van der Waals surface area contributed by atoms with Crippen LogP contribution >= 0.6 is 0 Å². The van der Waals surface area contributed by atoms with Crippen molar-refractivity contribution < 1.29 is 9.59 Å². The minimum Gasteiger partial charge on any atom is -0.432 e. The van der Waals surface area contributed by atoms with Crippen molar-refractivity contribution in [3.63, 3.8) is 0 Å². The van der Waals surface area contributed by atoms with Gasteiger partial charge in [0, 0.05) is 0 Å². The zero-order chi connectivity index (χ0) is 13.4. The molecule has 0 aromatic carbocycles. The van der Waals surface area contributed by atoms with Crippen LogP contribution in [0.5, 0.6) is 0 Å². The predicted molar refractivity (Wildman–Crippen MR) is 76.7 cm³/mol. The van der Waals surface area contributed by atoms with Crippen LogP contribution in [0.15, 0.2) is 0 Å². The largest absolute Gasteiger partial charge is 0.432 e. The molecule has 0 saturated carbocycles. The molecule has 0 heterocycles. The van der Waals surface area contributed by atoms with Crippen molar-refractivity contribution in [2.45, 2.75) is 76.8 Å². The van der Waals surface area contributed by atoms with Crippen LogP contribution in [0.25, 0.3) is 0 Å².